The molecule has 0 aromatic heterocycles. The molecule has 0 spiro atoms. The van der Waals surface area contributed by atoms with Crippen LogP contribution in [-0.2, 0) is 26.2 Å². The normalized spacial score (nSPS) is 12.2. The first kappa shape index (κ1) is 29.9. The number of rotatable bonds is 11. The molecule has 0 radical (unpaired) electrons. The number of sulfonamides is 1. The van der Waals surface area contributed by atoms with E-state index in [1.165, 1.54) is 17.0 Å². The smallest absolute Gasteiger partial charge is 0.264 e. The van der Waals surface area contributed by atoms with Crippen LogP contribution in [0.25, 0.3) is 0 Å². The molecule has 7 nitrogen and oxygen atoms in total. The molecule has 1 N–H and O–H groups in total. The third kappa shape index (κ3) is 7.47. The Morgan fingerprint density at radius 3 is 2.08 bits per heavy atom. The fourth-order valence-corrected chi connectivity index (χ4v) is 5.75. The molecule has 8 heteroatoms. The van der Waals surface area contributed by atoms with Gasteiger partial charge in [0.2, 0.25) is 11.8 Å². The molecular formula is C31H39N3O4S. The molecule has 1 unspecified atom stereocenters. The molecule has 0 aliphatic carbocycles. The van der Waals surface area contributed by atoms with Crippen molar-refractivity contribution in [3.63, 3.8) is 0 Å². The molecule has 208 valence electrons. The van der Waals surface area contributed by atoms with E-state index >= 15 is 0 Å². The molecule has 3 aromatic rings. The third-order valence-electron chi connectivity index (χ3n) is 6.68. The number of hydrogen-bond donors (Lipinski definition) is 1. The number of nitrogens with zero attached hydrogens (tertiary/aromatic N) is 2. The summed E-state index contributed by atoms with van der Waals surface area (Å²) in [4.78, 5) is 28.8. The fraction of sp³-hybridized carbons (Fsp3) is 0.355. The molecule has 3 rings (SSSR count). The summed E-state index contributed by atoms with van der Waals surface area (Å²) >= 11 is 0. The van der Waals surface area contributed by atoms with E-state index < -0.39 is 28.5 Å². The third-order valence-corrected chi connectivity index (χ3v) is 8.47. The summed E-state index contributed by atoms with van der Waals surface area (Å²) in [6.45, 7) is 11.1. The number of hydrogen-bond acceptors (Lipinski definition) is 4. The highest BCUT2D eigenvalue weighted by Gasteiger charge is 2.33. The van der Waals surface area contributed by atoms with Crippen molar-refractivity contribution in [2.75, 3.05) is 10.8 Å². The minimum absolute atomic E-state index is 0.0886. The van der Waals surface area contributed by atoms with E-state index in [0.717, 1.165) is 26.6 Å². The first-order valence-corrected chi connectivity index (χ1v) is 14.7. The monoisotopic (exact) mass is 549 g/mol. The van der Waals surface area contributed by atoms with Gasteiger partial charge in [-0.15, -0.1) is 0 Å². The first-order valence-electron chi connectivity index (χ1n) is 13.2. The van der Waals surface area contributed by atoms with E-state index in [1.807, 2.05) is 71.9 Å². The van der Waals surface area contributed by atoms with Gasteiger partial charge in [-0.3, -0.25) is 13.9 Å². The Kier molecular flexibility index (Phi) is 9.92. The molecule has 2 amide bonds. The zero-order valence-corrected chi connectivity index (χ0v) is 24.5. The topological polar surface area (TPSA) is 86.8 Å². The Balaban J connectivity index is 2.07. The van der Waals surface area contributed by atoms with Crippen LogP contribution in [0, 0.1) is 20.8 Å². The summed E-state index contributed by atoms with van der Waals surface area (Å²) in [5, 5.41) is 2.91. The molecule has 0 bridgehead atoms. The molecule has 0 aliphatic rings. The Morgan fingerprint density at radius 1 is 0.872 bits per heavy atom. The van der Waals surface area contributed by atoms with Crippen molar-refractivity contribution in [3.05, 3.63) is 95.1 Å². The van der Waals surface area contributed by atoms with Gasteiger partial charge in [-0.05, 0) is 82.0 Å². The molecule has 3 aromatic carbocycles. The van der Waals surface area contributed by atoms with Crippen molar-refractivity contribution in [3.8, 4) is 0 Å². The quantitative estimate of drug-likeness (QED) is 0.359. The molecule has 0 aliphatic heterocycles. The molecule has 0 heterocycles. The van der Waals surface area contributed by atoms with Crippen molar-refractivity contribution in [2.24, 2.45) is 0 Å². The summed E-state index contributed by atoms with van der Waals surface area (Å²) in [5.41, 5.74) is 4.25. The average molecular weight is 550 g/mol. The summed E-state index contributed by atoms with van der Waals surface area (Å²) in [6, 6.07) is 20.3. The molecule has 0 saturated carbocycles. The van der Waals surface area contributed by atoms with Gasteiger partial charge in [0.15, 0.2) is 0 Å². The van der Waals surface area contributed by atoms with Crippen LogP contribution in [0.4, 0.5) is 5.69 Å². The minimum Gasteiger partial charge on any atom is -0.352 e. The van der Waals surface area contributed by atoms with Gasteiger partial charge in [0.1, 0.15) is 12.6 Å². The Morgan fingerprint density at radius 2 is 1.51 bits per heavy atom. The van der Waals surface area contributed by atoms with Crippen LogP contribution >= 0.6 is 0 Å². The zero-order chi connectivity index (χ0) is 28.7. The van der Waals surface area contributed by atoms with E-state index in [9.17, 15) is 18.0 Å². The summed E-state index contributed by atoms with van der Waals surface area (Å²) in [7, 11) is -4.08. The second kappa shape index (κ2) is 12.9. The van der Waals surface area contributed by atoms with Crippen LogP contribution < -0.4 is 9.62 Å². The largest absolute Gasteiger partial charge is 0.352 e. The predicted octanol–water partition coefficient (Wildman–Crippen LogP) is 5.14. The number of benzene rings is 3. The van der Waals surface area contributed by atoms with Gasteiger partial charge in [0, 0.05) is 12.6 Å². The standard InChI is InChI=1S/C31H39N3O4S/c1-7-29(31(36)32-22(2)3)33(20-26-16-13-23(4)14-17-26)30(35)21-34(27-18-15-24(5)25(6)19-27)39(37,38)28-11-9-8-10-12-28/h8-19,22,29H,7,20-21H2,1-6H3,(H,32,36). The van der Waals surface area contributed by atoms with E-state index in [1.54, 1.807) is 30.3 Å². The lowest BCUT2D eigenvalue weighted by atomic mass is 10.1. The predicted molar refractivity (Wildman–Crippen MR) is 156 cm³/mol. The highest BCUT2D eigenvalue weighted by atomic mass is 32.2. The van der Waals surface area contributed by atoms with Crippen LogP contribution in [0.1, 0.15) is 49.4 Å². The van der Waals surface area contributed by atoms with Gasteiger partial charge in [-0.25, -0.2) is 8.42 Å². The Labute approximate surface area is 232 Å². The van der Waals surface area contributed by atoms with Crippen LogP contribution in [0.15, 0.2) is 77.7 Å². The summed E-state index contributed by atoms with van der Waals surface area (Å²) in [5.74, 6) is -0.726. The van der Waals surface area contributed by atoms with Crippen molar-refractivity contribution in [2.45, 2.75) is 71.5 Å². The number of amides is 2. The Bertz CT molecular complexity index is 1390. The van der Waals surface area contributed by atoms with Crippen LogP contribution in [-0.4, -0.2) is 43.8 Å². The number of aryl methyl sites for hydroxylation is 3. The van der Waals surface area contributed by atoms with E-state index in [2.05, 4.69) is 5.32 Å². The lowest BCUT2D eigenvalue weighted by molar-refractivity contribution is -0.140. The van der Waals surface area contributed by atoms with Gasteiger partial charge >= 0.3 is 0 Å². The van der Waals surface area contributed by atoms with Crippen molar-refractivity contribution in [1.82, 2.24) is 10.2 Å². The summed E-state index contributed by atoms with van der Waals surface area (Å²) in [6.07, 6.45) is 0.380. The number of carbonyl (C=O) groups is 2. The highest BCUT2D eigenvalue weighted by Crippen LogP contribution is 2.26. The molecule has 0 fully saturated rings. The maximum Gasteiger partial charge on any atom is 0.264 e. The van der Waals surface area contributed by atoms with Crippen LogP contribution in [0.3, 0.4) is 0 Å². The Hall–Kier alpha value is -3.65. The summed E-state index contributed by atoms with van der Waals surface area (Å²) < 4.78 is 28.9. The second-order valence-corrected chi connectivity index (χ2v) is 12.1. The maximum absolute atomic E-state index is 14.1. The molecule has 0 saturated heterocycles. The molecule has 1 atom stereocenters. The minimum atomic E-state index is -4.08. The van der Waals surface area contributed by atoms with Gasteiger partial charge in [-0.1, -0.05) is 61.0 Å². The number of carbonyl (C=O) groups excluding carboxylic acids is 2. The first-order chi connectivity index (χ1) is 18.4. The highest BCUT2D eigenvalue weighted by molar-refractivity contribution is 7.92. The van der Waals surface area contributed by atoms with Crippen LogP contribution in [0.2, 0.25) is 0 Å². The van der Waals surface area contributed by atoms with Crippen molar-refractivity contribution >= 4 is 27.5 Å². The second-order valence-electron chi connectivity index (χ2n) is 10.2. The lowest BCUT2D eigenvalue weighted by Crippen LogP contribution is -2.53. The number of anilines is 1. The average Bonchev–Trinajstić information content (AvgIpc) is 2.90. The van der Waals surface area contributed by atoms with Gasteiger partial charge in [0.05, 0.1) is 10.6 Å². The van der Waals surface area contributed by atoms with Gasteiger partial charge < -0.3 is 10.2 Å². The molecule has 39 heavy (non-hydrogen) atoms. The van der Waals surface area contributed by atoms with E-state index in [0.29, 0.717) is 12.1 Å². The maximum atomic E-state index is 14.1. The van der Waals surface area contributed by atoms with Crippen LogP contribution in [0.5, 0.6) is 0 Å². The van der Waals surface area contributed by atoms with E-state index in [-0.39, 0.29) is 23.4 Å². The van der Waals surface area contributed by atoms with Crippen molar-refractivity contribution in [1.29, 1.82) is 0 Å². The molecular weight excluding hydrogens is 510 g/mol. The SMILES string of the molecule is CCC(C(=O)NC(C)C)N(Cc1ccc(C)cc1)C(=O)CN(c1ccc(C)c(C)c1)S(=O)(=O)c1ccccc1. The zero-order valence-electron chi connectivity index (χ0n) is 23.6. The number of nitrogens with one attached hydrogen (secondary N) is 1. The van der Waals surface area contributed by atoms with Crippen molar-refractivity contribution < 1.29 is 18.0 Å². The van der Waals surface area contributed by atoms with E-state index in [4.69, 9.17) is 0 Å². The fourth-order valence-electron chi connectivity index (χ4n) is 4.32. The van der Waals surface area contributed by atoms with Gasteiger partial charge in [0.25, 0.3) is 10.0 Å². The van der Waals surface area contributed by atoms with Gasteiger partial charge in [-0.2, -0.15) is 0 Å². The lowest BCUT2D eigenvalue weighted by Gasteiger charge is -2.33.